The van der Waals surface area contributed by atoms with Crippen molar-refractivity contribution in [1.82, 2.24) is 10.2 Å². The van der Waals surface area contributed by atoms with Crippen molar-refractivity contribution < 1.29 is 15.3 Å². The zero-order valence-electron chi connectivity index (χ0n) is 10.1. The highest BCUT2D eigenvalue weighted by Crippen LogP contribution is 2.41. The van der Waals surface area contributed by atoms with Gasteiger partial charge in [0.25, 0.3) is 0 Å². The summed E-state index contributed by atoms with van der Waals surface area (Å²) in [5.41, 5.74) is 0.558. The lowest BCUT2D eigenvalue weighted by molar-refractivity contribution is 0.200. The normalized spacial score (nSPS) is 18.4. The first-order chi connectivity index (χ1) is 8.65. The van der Waals surface area contributed by atoms with Gasteiger partial charge in [0, 0.05) is 31.7 Å². The molecule has 18 heavy (non-hydrogen) atoms. The Morgan fingerprint density at radius 2 is 1.83 bits per heavy atom. The van der Waals surface area contributed by atoms with Gasteiger partial charge in [-0.1, -0.05) is 6.08 Å². The number of nitrogens with zero attached hydrogens (tertiary/aromatic N) is 1. The molecule has 1 saturated heterocycles. The van der Waals surface area contributed by atoms with Gasteiger partial charge >= 0.3 is 0 Å². The van der Waals surface area contributed by atoms with Crippen molar-refractivity contribution >= 4 is 0 Å². The van der Waals surface area contributed by atoms with Gasteiger partial charge in [-0.3, -0.25) is 4.90 Å². The van der Waals surface area contributed by atoms with E-state index in [1.54, 1.807) is 12.1 Å². The lowest BCUT2D eigenvalue weighted by atomic mass is 10.0. The van der Waals surface area contributed by atoms with Crippen LogP contribution in [0.1, 0.15) is 11.6 Å². The third kappa shape index (κ3) is 2.27. The number of piperazine rings is 1. The molecule has 0 amide bonds. The Bertz CT molecular complexity index is 442. The minimum atomic E-state index is -0.477. The lowest BCUT2D eigenvalue weighted by Crippen LogP contribution is -2.44. The summed E-state index contributed by atoms with van der Waals surface area (Å²) < 4.78 is 0. The van der Waals surface area contributed by atoms with Crippen molar-refractivity contribution in [2.45, 2.75) is 6.04 Å². The summed E-state index contributed by atoms with van der Waals surface area (Å²) in [6, 6.07) is 2.82. The minimum absolute atomic E-state index is 0.168. The second kappa shape index (κ2) is 5.29. The Hall–Kier alpha value is -1.72. The molecule has 1 aromatic rings. The number of rotatable bonds is 3. The van der Waals surface area contributed by atoms with Crippen molar-refractivity contribution in [2.24, 2.45) is 0 Å². The molecule has 0 aliphatic carbocycles. The predicted molar refractivity (Wildman–Crippen MR) is 68.8 cm³/mol. The van der Waals surface area contributed by atoms with E-state index in [0.29, 0.717) is 5.56 Å². The number of phenolic OH excluding ortho intramolecular Hbond substituents is 3. The van der Waals surface area contributed by atoms with Crippen LogP contribution in [0.2, 0.25) is 0 Å². The van der Waals surface area contributed by atoms with Crippen LogP contribution in [0, 0.1) is 0 Å². The van der Waals surface area contributed by atoms with Crippen LogP contribution in [0.5, 0.6) is 17.2 Å². The van der Waals surface area contributed by atoms with Gasteiger partial charge in [-0.2, -0.15) is 0 Å². The molecule has 1 aliphatic heterocycles. The number of aromatic hydroxyl groups is 3. The molecule has 0 spiro atoms. The molecule has 1 aromatic carbocycles. The molecule has 0 aromatic heterocycles. The van der Waals surface area contributed by atoms with Crippen LogP contribution in [0.4, 0.5) is 0 Å². The Labute approximate surface area is 106 Å². The highest BCUT2D eigenvalue weighted by molar-refractivity contribution is 5.54. The summed E-state index contributed by atoms with van der Waals surface area (Å²) in [6.07, 6.45) is 1.73. The largest absolute Gasteiger partial charge is 0.504 e. The average Bonchev–Trinajstić information content (AvgIpc) is 2.41. The van der Waals surface area contributed by atoms with Crippen molar-refractivity contribution in [3.05, 3.63) is 30.4 Å². The van der Waals surface area contributed by atoms with Crippen molar-refractivity contribution in [1.29, 1.82) is 0 Å². The molecule has 1 aliphatic rings. The number of hydrogen-bond acceptors (Lipinski definition) is 5. The quantitative estimate of drug-likeness (QED) is 0.474. The molecule has 2 rings (SSSR count). The van der Waals surface area contributed by atoms with E-state index in [-0.39, 0.29) is 17.5 Å². The average molecular weight is 250 g/mol. The molecule has 4 N–H and O–H groups in total. The van der Waals surface area contributed by atoms with Gasteiger partial charge in [0.2, 0.25) is 5.75 Å². The second-order valence-corrected chi connectivity index (χ2v) is 4.34. The molecule has 0 saturated carbocycles. The number of benzene rings is 1. The Balaban J connectivity index is 2.32. The molecule has 1 heterocycles. The van der Waals surface area contributed by atoms with E-state index in [1.165, 1.54) is 6.07 Å². The van der Waals surface area contributed by atoms with Crippen LogP contribution in [0.25, 0.3) is 0 Å². The maximum absolute atomic E-state index is 9.91. The van der Waals surface area contributed by atoms with Gasteiger partial charge in [0.15, 0.2) is 11.5 Å². The van der Waals surface area contributed by atoms with Crippen molar-refractivity contribution in [2.75, 3.05) is 26.2 Å². The first-order valence-corrected chi connectivity index (χ1v) is 5.96. The highest BCUT2D eigenvalue weighted by Gasteiger charge is 2.24. The van der Waals surface area contributed by atoms with E-state index in [0.717, 1.165) is 26.2 Å². The van der Waals surface area contributed by atoms with Gasteiger partial charge in [-0.25, -0.2) is 0 Å². The van der Waals surface area contributed by atoms with E-state index in [1.807, 2.05) is 0 Å². The maximum atomic E-state index is 9.91. The van der Waals surface area contributed by atoms with Crippen molar-refractivity contribution in [3.8, 4) is 17.2 Å². The Kier molecular flexibility index (Phi) is 3.74. The van der Waals surface area contributed by atoms with Crippen LogP contribution in [-0.4, -0.2) is 46.4 Å². The highest BCUT2D eigenvalue weighted by atomic mass is 16.3. The van der Waals surface area contributed by atoms with E-state index >= 15 is 0 Å². The molecule has 1 fully saturated rings. The summed E-state index contributed by atoms with van der Waals surface area (Å²) in [6.45, 7) is 7.25. The fraction of sp³-hybridized carbons (Fsp3) is 0.385. The molecule has 0 radical (unpaired) electrons. The van der Waals surface area contributed by atoms with Gasteiger partial charge in [-0.15, -0.1) is 6.58 Å². The third-order valence-electron chi connectivity index (χ3n) is 3.25. The van der Waals surface area contributed by atoms with E-state index in [9.17, 15) is 15.3 Å². The Morgan fingerprint density at radius 1 is 1.17 bits per heavy atom. The molecule has 0 bridgehead atoms. The van der Waals surface area contributed by atoms with Crippen LogP contribution in [0.3, 0.4) is 0 Å². The summed E-state index contributed by atoms with van der Waals surface area (Å²) >= 11 is 0. The van der Waals surface area contributed by atoms with E-state index in [4.69, 9.17) is 0 Å². The summed E-state index contributed by atoms with van der Waals surface area (Å²) in [4.78, 5) is 2.16. The first-order valence-electron chi connectivity index (χ1n) is 5.96. The molecular formula is C13H18N2O3. The van der Waals surface area contributed by atoms with Gasteiger partial charge in [0.05, 0.1) is 6.04 Å². The van der Waals surface area contributed by atoms with E-state index < -0.39 is 5.75 Å². The molecule has 5 nitrogen and oxygen atoms in total. The molecular weight excluding hydrogens is 232 g/mol. The Morgan fingerprint density at radius 3 is 2.44 bits per heavy atom. The van der Waals surface area contributed by atoms with Gasteiger partial charge in [0.1, 0.15) is 0 Å². The van der Waals surface area contributed by atoms with Crippen LogP contribution in [0.15, 0.2) is 24.8 Å². The predicted octanol–water partition coefficient (Wildman–Crippen LogP) is 0.936. The first kappa shape index (κ1) is 12.7. The second-order valence-electron chi connectivity index (χ2n) is 4.34. The van der Waals surface area contributed by atoms with Crippen LogP contribution < -0.4 is 5.32 Å². The third-order valence-corrected chi connectivity index (χ3v) is 3.25. The topological polar surface area (TPSA) is 76.0 Å². The lowest BCUT2D eigenvalue weighted by Gasteiger charge is -2.33. The standard InChI is InChI=1S/C13H18N2O3/c1-2-10(15-7-5-14-6-8-15)9-3-4-11(16)13(18)12(9)17/h2-4,10,14,16-18H,1,5-8H2/t10-/m1/s1. The minimum Gasteiger partial charge on any atom is -0.504 e. The number of phenols is 3. The molecule has 1 atom stereocenters. The van der Waals surface area contributed by atoms with Crippen LogP contribution in [-0.2, 0) is 0 Å². The molecule has 0 unspecified atom stereocenters. The van der Waals surface area contributed by atoms with E-state index in [2.05, 4.69) is 16.8 Å². The molecule has 98 valence electrons. The monoisotopic (exact) mass is 250 g/mol. The fourth-order valence-corrected chi connectivity index (χ4v) is 2.26. The van der Waals surface area contributed by atoms with Crippen LogP contribution >= 0.6 is 0 Å². The summed E-state index contributed by atoms with van der Waals surface area (Å²) in [5.74, 6) is -1.08. The zero-order chi connectivity index (χ0) is 13.1. The van der Waals surface area contributed by atoms with Gasteiger partial charge < -0.3 is 20.6 Å². The number of hydrogen-bond donors (Lipinski definition) is 4. The fourth-order valence-electron chi connectivity index (χ4n) is 2.26. The van der Waals surface area contributed by atoms with Crippen molar-refractivity contribution in [3.63, 3.8) is 0 Å². The summed E-state index contributed by atoms with van der Waals surface area (Å²) in [5, 5.41) is 32.1. The van der Waals surface area contributed by atoms with Gasteiger partial charge in [-0.05, 0) is 12.1 Å². The SMILES string of the molecule is C=C[C@H](c1ccc(O)c(O)c1O)N1CCNCC1. The maximum Gasteiger partial charge on any atom is 0.200 e. The zero-order valence-corrected chi connectivity index (χ0v) is 10.1. The number of nitrogens with one attached hydrogen (secondary N) is 1. The smallest absolute Gasteiger partial charge is 0.200 e. The molecule has 5 heteroatoms. The summed E-state index contributed by atoms with van der Waals surface area (Å²) in [7, 11) is 0.